The van der Waals surface area contributed by atoms with E-state index in [9.17, 15) is 40.7 Å². The third-order valence-corrected chi connectivity index (χ3v) is 9.02. The van der Waals surface area contributed by atoms with Crippen molar-refractivity contribution in [2.24, 2.45) is 5.41 Å². The molecule has 14 heteroatoms. The predicted octanol–water partition coefficient (Wildman–Crippen LogP) is 9.60. The highest BCUT2D eigenvalue weighted by molar-refractivity contribution is 5.81. The number of nitrogens with zero attached hydrogens (tertiary/aromatic N) is 1. The highest BCUT2D eigenvalue weighted by atomic mass is 19.4. The molecule has 1 amide bonds. The zero-order valence-electron chi connectivity index (χ0n) is 30.3. The molecule has 0 saturated carbocycles. The van der Waals surface area contributed by atoms with Gasteiger partial charge in [0.1, 0.15) is 6.61 Å². The van der Waals surface area contributed by atoms with Crippen LogP contribution in [-0.4, -0.2) is 50.3 Å². The molecule has 1 saturated heterocycles. The quantitative estimate of drug-likeness (QED) is 0.0832. The molecule has 3 aromatic rings. The molecule has 54 heavy (non-hydrogen) atoms. The summed E-state index contributed by atoms with van der Waals surface area (Å²) in [4.78, 5) is 37.1. The van der Waals surface area contributed by atoms with Gasteiger partial charge in [0.05, 0.1) is 43.6 Å². The molecule has 0 unspecified atom stereocenters. The van der Waals surface area contributed by atoms with Gasteiger partial charge in [0.25, 0.3) is 0 Å². The Morgan fingerprint density at radius 1 is 0.852 bits per heavy atom. The molecule has 1 heterocycles. The largest absolute Gasteiger partial charge is 0.466 e. The van der Waals surface area contributed by atoms with Crippen molar-refractivity contribution in [2.45, 2.75) is 63.7 Å². The van der Waals surface area contributed by atoms with Crippen LogP contribution in [0.25, 0.3) is 0 Å². The zero-order chi connectivity index (χ0) is 40.2. The van der Waals surface area contributed by atoms with Crippen LogP contribution in [-0.2, 0) is 53.0 Å². The minimum Gasteiger partial charge on any atom is -0.466 e. The van der Waals surface area contributed by atoms with Crippen LogP contribution in [0.5, 0.6) is 0 Å². The number of benzene rings is 3. The van der Waals surface area contributed by atoms with Crippen molar-refractivity contribution in [3.8, 4) is 0 Å². The van der Waals surface area contributed by atoms with E-state index in [1.807, 2.05) is 13.0 Å². The minimum absolute atomic E-state index is 0.0400. The van der Waals surface area contributed by atoms with Gasteiger partial charge < -0.3 is 18.9 Å². The molecule has 8 nitrogen and oxygen atoms in total. The number of carbonyl (C=O) groups is 3. The van der Waals surface area contributed by atoms with E-state index in [0.717, 1.165) is 11.6 Å². The number of ether oxygens (including phenoxy) is 4. The van der Waals surface area contributed by atoms with Gasteiger partial charge in [-0.25, -0.2) is 14.4 Å². The van der Waals surface area contributed by atoms with Crippen LogP contribution in [0.4, 0.5) is 31.1 Å². The monoisotopic (exact) mass is 763 g/mol. The summed E-state index contributed by atoms with van der Waals surface area (Å²) in [6.07, 6.45) is -6.62. The number of hydrogen-bond acceptors (Lipinski definition) is 7. The second-order valence-electron chi connectivity index (χ2n) is 13.0. The number of halogens is 6. The average Bonchev–Trinajstić information content (AvgIpc) is 3.16. The van der Waals surface area contributed by atoms with Crippen LogP contribution >= 0.6 is 0 Å². The zero-order valence-corrected chi connectivity index (χ0v) is 30.3. The molecule has 1 fully saturated rings. The first-order valence-electron chi connectivity index (χ1n) is 16.8. The standard InChI is InChI=1S/C36H37F6NO5.C4H6O2/c1-25(27-19-29(35(37,38)39)21-30(20-27)36(40,41)42)48-24-34(28-13-8-5-9-14-28)18-17-33(2,16-10-15-31(44)46-3)23-43(34)32(45)47-22-26-11-6-4-7-12-26;1-3-4(5)6-2/h4-15,19-21,25H,16-18,22-24H2,1-3H3;3H,1H2,2H3/b15-10+;/t25-,33+,34-;/m1./s1. The molecule has 4 rings (SSSR count). The van der Waals surface area contributed by atoms with Gasteiger partial charge in [0.15, 0.2) is 0 Å². The Bertz CT molecular complexity index is 1710. The second kappa shape index (κ2) is 18.8. The van der Waals surface area contributed by atoms with Gasteiger partial charge in [-0.3, -0.25) is 4.90 Å². The van der Waals surface area contributed by atoms with Gasteiger partial charge in [-0.2, -0.15) is 26.3 Å². The van der Waals surface area contributed by atoms with Crippen LogP contribution < -0.4 is 0 Å². The Morgan fingerprint density at radius 3 is 1.91 bits per heavy atom. The summed E-state index contributed by atoms with van der Waals surface area (Å²) in [6, 6.07) is 19.3. The lowest BCUT2D eigenvalue weighted by atomic mass is 9.70. The van der Waals surface area contributed by atoms with Gasteiger partial charge in [-0.1, -0.05) is 80.2 Å². The van der Waals surface area contributed by atoms with E-state index in [2.05, 4.69) is 16.1 Å². The van der Waals surface area contributed by atoms with Gasteiger partial charge >= 0.3 is 30.4 Å². The molecule has 0 radical (unpaired) electrons. The summed E-state index contributed by atoms with van der Waals surface area (Å²) in [7, 11) is 2.57. The van der Waals surface area contributed by atoms with E-state index in [4.69, 9.17) is 9.47 Å². The molecule has 3 aromatic carbocycles. The fourth-order valence-electron chi connectivity index (χ4n) is 5.90. The first-order valence-corrected chi connectivity index (χ1v) is 16.8. The number of piperidine rings is 1. The maximum Gasteiger partial charge on any atom is 0.416 e. The Kier molecular flexibility index (Phi) is 15.1. The van der Waals surface area contributed by atoms with E-state index in [1.54, 1.807) is 60.7 Å². The van der Waals surface area contributed by atoms with Crippen LogP contribution in [0.15, 0.2) is 104 Å². The minimum atomic E-state index is -5.02. The fourth-order valence-corrected chi connectivity index (χ4v) is 5.90. The van der Waals surface area contributed by atoms with Crippen molar-refractivity contribution >= 4 is 18.0 Å². The summed E-state index contributed by atoms with van der Waals surface area (Å²) in [5.74, 6) is -0.923. The first-order chi connectivity index (χ1) is 25.4. The molecule has 0 aromatic heterocycles. The molecule has 0 aliphatic carbocycles. The molecule has 0 spiro atoms. The molecule has 1 aliphatic rings. The van der Waals surface area contributed by atoms with Crippen LogP contribution in [0.2, 0.25) is 0 Å². The molecular formula is C40H43F6NO7. The van der Waals surface area contributed by atoms with E-state index in [0.29, 0.717) is 37.0 Å². The number of methoxy groups -OCH3 is 2. The molecular weight excluding hydrogens is 720 g/mol. The van der Waals surface area contributed by atoms with Gasteiger partial charge in [0, 0.05) is 18.7 Å². The van der Waals surface area contributed by atoms with Crippen molar-refractivity contribution in [3.63, 3.8) is 0 Å². The maximum absolute atomic E-state index is 14.0. The number of amides is 1. The molecule has 292 valence electrons. The number of carbonyl (C=O) groups excluding carboxylic acids is 3. The third kappa shape index (κ3) is 12.0. The van der Waals surface area contributed by atoms with E-state index in [1.165, 1.54) is 32.1 Å². The lowest BCUT2D eigenvalue weighted by molar-refractivity contribution is -0.143. The van der Waals surface area contributed by atoms with Crippen molar-refractivity contribution in [2.75, 3.05) is 27.4 Å². The summed E-state index contributed by atoms with van der Waals surface area (Å²) >= 11 is 0. The Balaban J connectivity index is 0.00000120. The Labute approximate surface area is 310 Å². The van der Waals surface area contributed by atoms with Crippen molar-refractivity contribution < 1.29 is 59.7 Å². The highest BCUT2D eigenvalue weighted by Gasteiger charge is 2.50. The maximum atomic E-state index is 14.0. The summed E-state index contributed by atoms with van der Waals surface area (Å²) in [5.41, 5.74) is -3.55. The van der Waals surface area contributed by atoms with E-state index in [-0.39, 0.29) is 31.4 Å². The predicted molar refractivity (Wildman–Crippen MR) is 188 cm³/mol. The average molecular weight is 764 g/mol. The third-order valence-electron chi connectivity index (χ3n) is 9.02. The Morgan fingerprint density at radius 2 is 1.41 bits per heavy atom. The summed E-state index contributed by atoms with van der Waals surface area (Å²) < 4.78 is 102. The SMILES string of the molecule is C=CC(=O)OC.COC(=O)/C=C/C[C@@]1(C)CC[C@@](CO[C@H](C)c2cc(C(F)(F)F)cc(C(F)(F)F)c2)(c2ccccc2)N(C(=O)OCc2ccccc2)C1. The molecule has 0 N–H and O–H groups in total. The Hall–Kier alpha value is -5.11. The lowest BCUT2D eigenvalue weighted by Crippen LogP contribution is -2.59. The number of hydrogen-bond donors (Lipinski definition) is 0. The number of allylic oxidation sites excluding steroid dienone is 1. The van der Waals surface area contributed by atoms with E-state index < -0.39 is 58.6 Å². The van der Waals surface area contributed by atoms with Gasteiger partial charge in [-0.05, 0) is 66.5 Å². The first kappa shape index (κ1) is 43.3. The number of likely N-dealkylation sites (tertiary alicyclic amines) is 1. The smallest absolute Gasteiger partial charge is 0.416 e. The van der Waals surface area contributed by atoms with Crippen LogP contribution in [0.1, 0.15) is 67.0 Å². The van der Waals surface area contributed by atoms with Gasteiger partial charge in [0.2, 0.25) is 0 Å². The highest BCUT2D eigenvalue weighted by Crippen LogP contribution is 2.47. The van der Waals surface area contributed by atoms with Gasteiger partial charge in [-0.15, -0.1) is 0 Å². The normalized spacial score (nSPS) is 19.3. The number of esters is 2. The number of alkyl halides is 6. The molecule has 1 aliphatic heterocycles. The summed E-state index contributed by atoms with van der Waals surface area (Å²) in [5, 5.41) is 0. The van der Waals surface area contributed by atoms with Crippen molar-refractivity contribution in [1.29, 1.82) is 0 Å². The molecule has 0 bridgehead atoms. The molecule has 3 atom stereocenters. The van der Waals surface area contributed by atoms with E-state index >= 15 is 0 Å². The summed E-state index contributed by atoms with van der Waals surface area (Å²) in [6.45, 7) is 6.32. The van der Waals surface area contributed by atoms with Crippen molar-refractivity contribution in [3.05, 3.63) is 131 Å². The van der Waals surface area contributed by atoms with Crippen molar-refractivity contribution in [1.82, 2.24) is 4.90 Å². The lowest BCUT2D eigenvalue weighted by Gasteiger charge is -2.52. The van der Waals surface area contributed by atoms with Crippen LogP contribution in [0, 0.1) is 5.41 Å². The topological polar surface area (TPSA) is 91.4 Å². The second-order valence-corrected chi connectivity index (χ2v) is 13.0. The number of rotatable bonds is 11. The fraction of sp³-hybridized carbons (Fsp3) is 0.375. The van der Waals surface area contributed by atoms with Crippen LogP contribution in [0.3, 0.4) is 0 Å².